The van der Waals surface area contributed by atoms with Crippen LogP contribution in [0.3, 0.4) is 0 Å². The molecular formula is C10H12N4O3. The molecule has 0 saturated heterocycles. The molecule has 1 unspecified atom stereocenters. The number of carboxylic acid groups (broad SMARTS) is 1. The van der Waals surface area contributed by atoms with E-state index in [9.17, 15) is 4.79 Å². The maximum Gasteiger partial charge on any atom is 0.306 e. The highest BCUT2D eigenvalue weighted by Crippen LogP contribution is 2.02. The van der Waals surface area contributed by atoms with Crippen molar-refractivity contribution < 1.29 is 14.6 Å². The number of nitrogens with one attached hydrogen (secondary N) is 1. The van der Waals surface area contributed by atoms with Crippen molar-refractivity contribution in [1.82, 2.24) is 9.97 Å². The average Bonchev–Trinajstić information content (AvgIpc) is 2.34. The summed E-state index contributed by atoms with van der Waals surface area (Å²) < 4.78 is 4.98. The number of nitriles is 1. The van der Waals surface area contributed by atoms with Gasteiger partial charge in [0.15, 0.2) is 0 Å². The van der Waals surface area contributed by atoms with E-state index >= 15 is 0 Å². The van der Waals surface area contributed by atoms with Gasteiger partial charge in [0, 0.05) is 19.9 Å². The number of nitrogens with zero attached hydrogens (tertiary/aromatic N) is 3. The van der Waals surface area contributed by atoms with Crippen LogP contribution in [0.25, 0.3) is 0 Å². The van der Waals surface area contributed by atoms with Crippen molar-refractivity contribution in [2.24, 2.45) is 0 Å². The summed E-state index contributed by atoms with van der Waals surface area (Å²) >= 11 is 0. The lowest BCUT2D eigenvalue weighted by atomic mass is 10.2. The van der Waals surface area contributed by atoms with Gasteiger partial charge in [0.2, 0.25) is 5.95 Å². The predicted octanol–water partition coefficient (Wildman–Crippen LogP) is 0.250. The van der Waals surface area contributed by atoms with E-state index in [0.29, 0.717) is 0 Å². The summed E-state index contributed by atoms with van der Waals surface area (Å²) in [6.07, 6.45) is 0.871. The molecule has 0 aliphatic heterocycles. The Balaban J connectivity index is 2.53. The molecule has 0 aliphatic carbocycles. The quantitative estimate of drug-likeness (QED) is 0.728. The number of anilines is 1. The molecule has 1 atom stereocenters. The minimum atomic E-state index is -0.939. The zero-order chi connectivity index (χ0) is 12.7. The van der Waals surface area contributed by atoms with Crippen molar-refractivity contribution in [2.75, 3.05) is 19.0 Å². The summed E-state index contributed by atoms with van der Waals surface area (Å²) in [5.74, 6) is -0.665. The summed E-state index contributed by atoms with van der Waals surface area (Å²) in [5, 5.41) is 20.1. The van der Waals surface area contributed by atoms with Gasteiger partial charge in [0.1, 0.15) is 11.8 Å². The number of carboxylic acids is 1. The van der Waals surface area contributed by atoms with Crippen molar-refractivity contribution in [3.05, 3.63) is 18.0 Å². The van der Waals surface area contributed by atoms with E-state index < -0.39 is 12.1 Å². The molecular weight excluding hydrogens is 224 g/mol. The minimum Gasteiger partial charge on any atom is -0.481 e. The molecule has 0 radical (unpaired) electrons. The van der Waals surface area contributed by atoms with Crippen LogP contribution in [-0.4, -0.2) is 40.8 Å². The number of methoxy groups -OCH3 is 1. The van der Waals surface area contributed by atoms with Crippen LogP contribution >= 0.6 is 0 Å². The minimum absolute atomic E-state index is 0.110. The number of hydrogen-bond acceptors (Lipinski definition) is 6. The van der Waals surface area contributed by atoms with E-state index in [1.54, 1.807) is 0 Å². The summed E-state index contributed by atoms with van der Waals surface area (Å²) in [6.45, 7) is 0.262. The zero-order valence-corrected chi connectivity index (χ0v) is 9.25. The number of hydrogen-bond donors (Lipinski definition) is 2. The molecule has 0 saturated carbocycles. The number of rotatable bonds is 6. The lowest BCUT2D eigenvalue weighted by Gasteiger charge is -2.13. The summed E-state index contributed by atoms with van der Waals surface area (Å²) in [7, 11) is 1.43. The molecule has 0 aromatic carbocycles. The molecule has 0 amide bonds. The van der Waals surface area contributed by atoms with E-state index in [1.165, 1.54) is 19.4 Å². The van der Waals surface area contributed by atoms with Crippen LogP contribution in [0.2, 0.25) is 0 Å². The summed E-state index contributed by atoms with van der Waals surface area (Å²) in [4.78, 5) is 18.3. The number of aromatic nitrogens is 2. The fraction of sp³-hybridized carbons (Fsp3) is 0.400. The molecule has 7 nitrogen and oxygen atoms in total. The molecule has 2 N–H and O–H groups in total. The number of aliphatic carboxylic acids is 1. The predicted molar refractivity (Wildman–Crippen MR) is 58.3 cm³/mol. The summed E-state index contributed by atoms with van der Waals surface area (Å²) in [6, 6.07) is 3.37. The van der Waals surface area contributed by atoms with Crippen LogP contribution in [0, 0.1) is 11.3 Å². The van der Waals surface area contributed by atoms with Crippen molar-refractivity contribution >= 4 is 11.9 Å². The van der Waals surface area contributed by atoms with Gasteiger partial charge < -0.3 is 15.2 Å². The molecule has 0 fully saturated rings. The molecule has 90 valence electrons. The second kappa shape index (κ2) is 6.40. The van der Waals surface area contributed by atoms with E-state index in [-0.39, 0.29) is 24.6 Å². The fourth-order valence-corrected chi connectivity index (χ4v) is 1.14. The first-order valence-electron chi connectivity index (χ1n) is 4.87. The number of ether oxygens (including phenoxy) is 1. The molecule has 0 spiro atoms. The Bertz CT molecular complexity index is 430. The van der Waals surface area contributed by atoms with Gasteiger partial charge in [-0.25, -0.2) is 9.97 Å². The smallest absolute Gasteiger partial charge is 0.306 e. The molecule has 1 rings (SSSR count). The molecule has 17 heavy (non-hydrogen) atoms. The van der Waals surface area contributed by atoms with Gasteiger partial charge >= 0.3 is 5.97 Å². The van der Waals surface area contributed by atoms with E-state index in [4.69, 9.17) is 15.1 Å². The summed E-state index contributed by atoms with van der Waals surface area (Å²) in [5.41, 5.74) is 0.245. The Hall–Kier alpha value is -2.20. The highest BCUT2D eigenvalue weighted by Gasteiger charge is 2.12. The Morgan fingerprint density at radius 3 is 3.12 bits per heavy atom. The molecule has 0 bridgehead atoms. The Morgan fingerprint density at radius 2 is 2.53 bits per heavy atom. The molecule has 0 aliphatic rings. The van der Waals surface area contributed by atoms with Gasteiger partial charge in [0.25, 0.3) is 0 Å². The van der Waals surface area contributed by atoms with Crippen LogP contribution in [-0.2, 0) is 9.53 Å². The Kier molecular flexibility index (Phi) is 4.84. The molecule has 1 aromatic rings. The maximum absolute atomic E-state index is 10.5. The van der Waals surface area contributed by atoms with Gasteiger partial charge in [-0.2, -0.15) is 5.26 Å². The van der Waals surface area contributed by atoms with Gasteiger partial charge in [-0.3, -0.25) is 4.79 Å². The first kappa shape index (κ1) is 12.9. The third-order valence-electron chi connectivity index (χ3n) is 1.99. The van der Waals surface area contributed by atoms with Gasteiger partial charge in [-0.05, 0) is 6.07 Å². The SMILES string of the molecule is COC(CNc1nccc(C#N)n1)CC(=O)O. The normalized spacial score (nSPS) is 11.5. The first-order chi connectivity index (χ1) is 8.15. The fourth-order valence-electron chi connectivity index (χ4n) is 1.14. The van der Waals surface area contributed by atoms with E-state index in [0.717, 1.165) is 0 Å². The third-order valence-corrected chi connectivity index (χ3v) is 1.99. The topological polar surface area (TPSA) is 108 Å². The van der Waals surface area contributed by atoms with Gasteiger partial charge in [-0.1, -0.05) is 0 Å². The molecule has 7 heteroatoms. The van der Waals surface area contributed by atoms with Crippen LogP contribution in [0.1, 0.15) is 12.1 Å². The van der Waals surface area contributed by atoms with Crippen LogP contribution < -0.4 is 5.32 Å². The van der Waals surface area contributed by atoms with Crippen LogP contribution in [0.15, 0.2) is 12.3 Å². The van der Waals surface area contributed by atoms with Crippen molar-refractivity contribution in [1.29, 1.82) is 5.26 Å². The number of carbonyl (C=O) groups is 1. The standard InChI is InChI=1S/C10H12N4O3/c1-17-8(4-9(15)16)6-13-10-12-3-2-7(5-11)14-10/h2-3,8H,4,6H2,1H3,(H,15,16)(H,12,13,14). The third kappa shape index (κ3) is 4.44. The van der Waals surface area contributed by atoms with E-state index in [2.05, 4.69) is 15.3 Å². The second-order valence-corrected chi connectivity index (χ2v) is 3.21. The Labute approximate surface area is 98.1 Å². The molecule has 1 heterocycles. The van der Waals surface area contributed by atoms with Crippen molar-refractivity contribution in [2.45, 2.75) is 12.5 Å². The Morgan fingerprint density at radius 1 is 1.76 bits per heavy atom. The van der Waals surface area contributed by atoms with Gasteiger partial charge in [0.05, 0.1) is 12.5 Å². The highest BCUT2D eigenvalue weighted by molar-refractivity contribution is 5.67. The first-order valence-corrected chi connectivity index (χ1v) is 4.87. The van der Waals surface area contributed by atoms with Crippen molar-refractivity contribution in [3.63, 3.8) is 0 Å². The van der Waals surface area contributed by atoms with Crippen LogP contribution in [0.5, 0.6) is 0 Å². The average molecular weight is 236 g/mol. The van der Waals surface area contributed by atoms with E-state index in [1.807, 2.05) is 6.07 Å². The lowest BCUT2D eigenvalue weighted by molar-refractivity contribution is -0.139. The van der Waals surface area contributed by atoms with Crippen molar-refractivity contribution in [3.8, 4) is 6.07 Å². The largest absolute Gasteiger partial charge is 0.481 e. The molecule has 1 aromatic heterocycles. The maximum atomic E-state index is 10.5. The van der Waals surface area contributed by atoms with Gasteiger partial charge in [-0.15, -0.1) is 0 Å². The highest BCUT2D eigenvalue weighted by atomic mass is 16.5. The zero-order valence-electron chi connectivity index (χ0n) is 9.25. The van der Waals surface area contributed by atoms with Crippen LogP contribution in [0.4, 0.5) is 5.95 Å². The lowest BCUT2D eigenvalue weighted by Crippen LogP contribution is -2.25. The monoisotopic (exact) mass is 236 g/mol. The second-order valence-electron chi connectivity index (χ2n) is 3.21.